The number of unbranched alkanes of at least 4 members (excludes halogenated alkanes) is 1. The maximum Gasteiger partial charge on any atom is 0.313 e. The quantitative estimate of drug-likeness (QED) is 0.0927. The van der Waals surface area contributed by atoms with Gasteiger partial charge in [0.1, 0.15) is 29.9 Å². The molecule has 2 bridgehead atoms. The lowest BCUT2D eigenvalue weighted by Gasteiger charge is -2.37. The molecule has 0 saturated carbocycles. The van der Waals surface area contributed by atoms with Crippen molar-refractivity contribution in [2.75, 3.05) is 26.7 Å². The summed E-state index contributed by atoms with van der Waals surface area (Å²) in [6.07, 6.45) is 3.68. The Bertz CT molecular complexity index is 1840. The minimum Gasteiger partial charge on any atom is -0.455 e. The third kappa shape index (κ3) is 7.16. The Labute approximate surface area is 317 Å². The predicted molar refractivity (Wildman–Crippen MR) is 200 cm³/mol. The number of amides is 3. The molecule has 3 amide bonds. The molecule has 1 N–H and O–H groups in total. The minimum absolute atomic E-state index is 0.0452. The number of allylic oxidation sites excluding steroid dienone is 1. The van der Waals surface area contributed by atoms with Gasteiger partial charge in [-0.05, 0) is 50.3 Å². The third-order valence-corrected chi connectivity index (χ3v) is 11.7. The highest BCUT2D eigenvalue weighted by molar-refractivity contribution is 9.09. The van der Waals surface area contributed by atoms with Gasteiger partial charge in [0.05, 0.1) is 29.5 Å². The van der Waals surface area contributed by atoms with E-state index in [0.717, 1.165) is 5.52 Å². The van der Waals surface area contributed by atoms with E-state index in [1.165, 1.54) is 4.90 Å². The van der Waals surface area contributed by atoms with Crippen LogP contribution in [0.5, 0.6) is 0 Å². The molecule has 3 aliphatic heterocycles. The molecule has 3 saturated heterocycles. The number of aliphatic hydroxyl groups is 1. The van der Waals surface area contributed by atoms with Crippen LogP contribution in [0.15, 0.2) is 79.9 Å². The molecule has 1 aromatic heterocycles. The number of alkyl halides is 1. The fourth-order valence-electron chi connectivity index (χ4n) is 8.17. The van der Waals surface area contributed by atoms with E-state index in [-0.39, 0.29) is 55.3 Å². The standard InChI is InChI=1S/C39H47BrN6O7/c1-5-7-19-30(48)43(4)25(3)33(26-15-9-8-10-16-26)52-38(51)31-32-36(49)45(21-13-14-22-47)35(39(32)23-27(40)34(31)53-39)37(50)44(20-6-2)24-46-29-18-12-11-17-28(29)41-42-46/h5-6,8-12,15-18,25,27,31-35,47H,1-2,7,13-14,19-24H2,3-4H3/t25-,27?,31+,32-,33+,34+,35+,39-/m1/s1. The van der Waals surface area contributed by atoms with Gasteiger partial charge in [-0.2, -0.15) is 0 Å². The zero-order valence-corrected chi connectivity index (χ0v) is 31.7. The Morgan fingerprint density at radius 2 is 1.87 bits per heavy atom. The monoisotopic (exact) mass is 790 g/mol. The van der Waals surface area contributed by atoms with Crippen molar-refractivity contribution < 1.29 is 33.8 Å². The summed E-state index contributed by atoms with van der Waals surface area (Å²) in [7, 11) is 1.68. The fourth-order valence-corrected chi connectivity index (χ4v) is 9.11. The highest BCUT2D eigenvalue weighted by atomic mass is 79.9. The van der Waals surface area contributed by atoms with Crippen LogP contribution >= 0.6 is 15.9 Å². The number of aliphatic hydroxyl groups excluding tert-OH is 1. The van der Waals surface area contributed by atoms with Gasteiger partial charge in [-0.15, -0.1) is 18.3 Å². The summed E-state index contributed by atoms with van der Waals surface area (Å²) in [6, 6.07) is 15.0. The number of benzene rings is 2. The molecule has 0 radical (unpaired) electrons. The molecule has 3 fully saturated rings. The zero-order chi connectivity index (χ0) is 37.9. The smallest absolute Gasteiger partial charge is 0.313 e. The van der Waals surface area contributed by atoms with Crippen LogP contribution in [0.25, 0.3) is 11.0 Å². The second-order valence-electron chi connectivity index (χ2n) is 14.0. The summed E-state index contributed by atoms with van der Waals surface area (Å²) in [5.74, 6) is -3.50. The Morgan fingerprint density at radius 1 is 1.13 bits per heavy atom. The molecule has 3 aromatic rings. The van der Waals surface area contributed by atoms with Crippen molar-refractivity contribution in [3.05, 3.63) is 85.5 Å². The molecule has 13 nitrogen and oxygen atoms in total. The Morgan fingerprint density at radius 3 is 2.58 bits per heavy atom. The maximum absolute atomic E-state index is 14.9. The Kier molecular flexibility index (Phi) is 11.8. The number of hydrogen-bond acceptors (Lipinski definition) is 9. The topological polar surface area (TPSA) is 147 Å². The number of hydrogen-bond donors (Lipinski definition) is 1. The molecule has 282 valence electrons. The molecule has 3 aliphatic rings. The van der Waals surface area contributed by atoms with E-state index in [1.807, 2.05) is 61.5 Å². The van der Waals surface area contributed by atoms with Crippen LogP contribution < -0.4 is 0 Å². The van der Waals surface area contributed by atoms with Crippen LogP contribution in [0.1, 0.15) is 50.7 Å². The molecule has 6 rings (SSSR count). The lowest BCUT2D eigenvalue weighted by Crippen LogP contribution is -2.57. The van der Waals surface area contributed by atoms with E-state index in [0.29, 0.717) is 36.8 Å². The second-order valence-corrected chi connectivity index (χ2v) is 15.2. The molecule has 14 heteroatoms. The molecule has 53 heavy (non-hydrogen) atoms. The maximum atomic E-state index is 14.9. The van der Waals surface area contributed by atoms with E-state index in [1.54, 1.807) is 33.7 Å². The number of likely N-dealkylation sites (N-methyl/N-ethyl adjacent to an activating group) is 1. The van der Waals surface area contributed by atoms with Crippen LogP contribution in [0.3, 0.4) is 0 Å². The van der Waals surface area contributed by atoms with Crippen molar-refractivity contribution in [3.63, 3.8) is 0 Å². The fraction of sp³-hybridized carbons (Fsp3) is 0.487. The molecule has 2 aromatic carbocycles. The number of nitrogens with zero attached hydrogens (tertiary/aromatic N) is 6. The number of ether oxygens (including phenoxy) is 2. The molecular formula is C39H47BrN6O7. The third-order valence-electron chi connectivity index (χ3n) is 10.9. The van der Waals surface area contributed by atoms with Crippen LogP contribution in [-0.2, 0) is 35.3 Å². The van der Waals surface area contributed by atoms with Gasteiger partial charge in [0.25, 0.3) is 0 Å². The molecule has 1 unspecified atom stereocenters. The van der Waals surface area contributed by atoms with Gasteiger partial charge >= 0.3 is 5.97 Å². The number of likely N-dealkylation sites (tertiary alicyclic amines) is 1. The molecule has 0 aliphatic carbocycles. The summed E-state index contributed by atoms with van der Waals surface area (Å²) < 4.78 is 14.7. The van der Waals surface area contributed by atoms with Gasteiger partial charge in [0.15, 0.2) is 0 Å². The average molecular weight is 792 g/mol. The first-order valence-electron chi connectivity index (χ1n) is 18.1. The largest absolute Gasteiger partial charge is 0.455 e. The summed E-state index contributed by atoms with van der Waals surface area (Å²) in [6.45, 7) is 9.74. The lowest BCUT2D eigenvalue weighted by molar-refractivity contribution is -0.164. The highest BCUT2D eigenvalue weighted by Crippen LogP contribution is 2.60. The first kappa shape index (κ1) is 38.3. The number of halogens is 1. The number of aromatic nitrogens is 3. The van der Waals surface area contributed by atoms with E-state index in [2.05, 4.69) is 39.4 Å². The first-order valence-corrected chi connectivity index (χ1v) is 19.0. The van der Waals surface area contributed by atoms with Crippen LogP contribution in [0.2, 0.25) is 0 Å². The highest BCUT2D eigenvalue weighted by Gasteiger charge is 2.77. The van der Waals surface area contributed by atoms with Gasteiger partial charge in [-0.25, -0.2) is 4.68 Å². The van der Waals surface area contributed by atoms with Crippen LogP contribution in [0.4, 0.5) is 0 Å². The molecule has 1 spiro atoms. The average Bonchev–Trinajstić information content (AvgIpc) is 3.89. The van der Waals surface area contributed by atoms with Gasteiger partial charge < -0.3 is 29.3 Å². The normalized spacial score (nSPS) is 25.5. The van der Waals surface area contributed by atoms with Crippen molar-refractivity contribution in [1.29, 1.82) is 0 Å². The SMILES string of the molecule is C=CCCC(=O)N(C)[C@H](C)[C@H](OC(=O)[C@@H]1[C@H]2O[C@@]3(CC2Br)[C@H](C(=O)N(CC=C)Cn2nnc4ccccc42)N(CCCCO)C(=O)[C@@H]13)c1ccccc1. The number of rotatable bonds is 17. The number of carbonyl (C=O) groups excluding carboxylic acids is 4. The summed E-state index contributed by atoms with van der Waals surface area (Å²) in [4.78, 5) is 61.5. The Balaban J connectivity index is 1.33. The Hall–Kier alpha value is -4.40. The lowest BCUT2D eigenvalue weighted by atomic mass is 9.70. The van der Waals surface area contributed by atoms with Crippen molar-refractivity contribution in [2.45, 2.75) is 80.4 Å². The van der Waals surface area contributed by atoms with E-state index < -0.39 is 47.7 Å². The van der Waals surface area contributed by atoms with Crippen molar-refractivity contribution in [2.24, 2.45) is 11.8 Å². The van der Waals surface area contributed by atoms with Crippen LogP contribution in [0, 0.1) is 11.8 Å². The first-order chi connectivity index (χ1) is 25.6. The number of fused-ring (bicyclic) bond motifs is 2. The van der Waals surface area contributed by atoms with E-state index in [4.69, 9.17) is 9.47 Å². The van der Waals surface area contributed by atoms with Gasteiger partial charge in [0, 0.05) is 38.0 Å². The number of esters is 1. The zero-order valence-electron chi connectivity index (χ0n) is 30.1. The van der Waals surface area contributed by atoms with Crippen molar-refractivity contribution in [3.8, 4) is 0 Å². The van der Waals surface area contributed by atoms with E-state index >= 15 is 0 Å². The summed E-state index contributed by atoms with van der Waals surface area (Å²) >= 11 is 3.75. The molecule has 4 heterocycles. The predicted octanol–water partition coefficient (Wildman–Crippen LogP) is 4.02. The van der Waals surface area contributed by atoms with Crippen LogP contribution in [-0.4, -0.2) is 114 Å². The van der Waals surface area contributed by atoms with E-state index in [9.17, 15) is 24.3 Å². The van der Waals surface area contributed by atoms with Crippen molar-refractivity contribution in [1.82, 2.24) is 29.7 Å². The van der Waals surface area contributed by atoms with Gasteiger partial charge in [0.2, 0.25) is 17.7 Å². The molecular weight excluding hydrogens is 744 g/mol. The number of carbonyl (C=O) groups is 4. The van der Waals surface area contributed by atoms with Crippen molar-refractivity contribution >= 4 is 50.7 Å². The summed E-state index contributed by atoms with van der Waals surface area (Å²) in [5.41, 5.74) is 0.785. The number of para-hydroxylation sites is 1. The minimum atomic E-state index is -1.33. The summed E-state index contributed by atoms with van der Waals surface area (Å²) in [5, 5.41) is 18.1. The van der Waals surface area contributed by atoms with Gasteiger partial charge in [-0.3, -0.25) is 19.2 Å². The van der Waals surface area contributed by atoms with Gasteiger partial charge in [-0.1, -0.05) is 75.8 Å². The second kappa shape index (κ2) is 16.3. The molecule has 8 atom stereocenters.